The van der Waals surface area contributed by atoms with E-state index in [2.05, 4.69) is 34.3 Å². The van der Waals surface area contributed by atoms with Crippen molar-refractivity contribution in [3.05, 3.63) is 94.8 Å². The van der Waals surface area contributed by atoms with E-state index < -0.39 is 0 Å². The fraction of sp³-hybridized carbons (Fsp3) is 0.240. The Morgan fingerprint density at radius 1 is 0.871 bits per heavy atom. The Morgan fingerprint density at radius 3 is 2.26 bits per heavy atom. The number of amides is 1. The number of piperazine rings is 1. The third-order valence-electron chi connectivity index (χ3n) is 5.42. The molecule has 0 atom stereocenters. The molecule has 6 heteroatoms. The van der Waals surface area contributed by atoms with Crippen LogP contribution in [0.3, 0.4) is 0 Å². The molecule has 1 aliphatic heterocycles. The van der Waals surface area contributed by atoms with Gasteiger partial charge in [-0.3, -0.25) is 14.5 Å². The molecule has 2 heterocycles. The first-order valence-corrected chi connectivity index (χ1v) is 10.5. The number of rotatable bonds is 6. The van der Waals surface area contributed by atoms with Crippen LogP contribution in [0.5, 0.6) is 0 Å². The molecule has 158 valence electrons. The largest absolute Gasteiger partial charge is 0.339 e. The molecular formula is C25H26N4O2. The van der Waals surface area contributed by atoms with E-state index >= 15 is 0 Å². The maximum Gasteiger partial charge on any atom is 0.267 e. The highest BCUT2D eigenvalue weighted by molar-refractivity contribution is 5.76. The molecule has 0 saturated carbocycles. The summed E-state index contributed by atoms with van der Waals surface area (Å²) in [4.78, 5) is 29.1. The van der Waals surface area contributed by atoms with Crippen molar-refractivity contribution in [3.8, 4) is 11.3 Å². The second kappa shape index (κ2) is 10.00. The Kier molecular flexibility index (Phi) is 6.69. The third-order valence-corrected chi connectivity index (χ3v) is 5.42. The second-order valence-corrected chi connectivity index (χ2v) is 7.57. The number of nitrogens with zero attached hydrogens (tertiary/aromatic N) is 4. The van der Waals surface area contributed by atoms with Crippen LogP contribution < -0.4 is 5.56 Å². The number of aromatic nitrogens is 2. The number of carbonyl (C=O) groups is 1. The Hall–Kier alpha value is -3.51. The van der Waals surface area contributed by atoms with E-state index in [0.717, 1.165) is 25.2 Å². The molecule has 0 spiro atoms. The lowest BCUT2D eigenvalue weighted by Crippen LogP contribution is -2.50. The molecule has 6 nitrogen and oxygen atoms in total. The van der Waals surface area contributed by atoms with E-state index in [-0.39, 0.29) is 18.0 Å². The van der Waals surface area contributed by atoms with E-state index in [1.54, 1.807) is 6.07 Å². The van der Waals surface area contributed by atoms with Crippen LogP contribution in [0.4, 0.5) is 0 Å². The molecule has 0 bridgehead atoms. The first-order valence-electron chi connectivity index (χ1n) is 10.5. The fourth-order valence-electron chi connectivity index (χ4n) is 3.64. The SMILES string of the molecule is O=C(Cn1nc(-c2ccccc2)ccc1=O)N1CCN(C/C=C/c2ccccc2)CC1. The predicted molar refractivity (Wildman–Crippen MR) is 122 cm³/mol. The Morgan fingerprint density at radius 2 is 1.55 bits per heavy atom. The molecule has 4 rings (SSSR count). The van der Waals surface area contributed by atoms with Gasteiger partial charge in [-0.2, -0.15) is 5.10 Å². The van der Waals surface area contributed by atoms with Crippen LogP contribution in [0.2, 0.25) is 0 Å². The monoisotopic (exact) mass is 414 g/mol. The van der Waals surface area contributed by atoms with E-state index in [0.29, 0.717) is 18.8 Å². The maximum atomic E-state index is 12.8. The fourth-order valence-corrected chi connectivity index (χ4v) is 3.64. The van der Waals surface area contributed by atoms with Gasteiger partial charge in [0, 0.05) is 44.4 Å². The zero-order valence-electron chi connectivity index (χ0n) is 17.4. The summed E-state index contributed by atoms with van der Waals surface area (Å²) in [5, 5.41) is 4.40. The van der Waals surface area contributed by atoms with Gasteiger partial charge in [-0.15, -0.1) is 0 Å². The van der Waals surface area contributed by atoms with Gasteiger partial charge in [-0.25, -0.2) is 4.68 Å². The molecule has 0 aliphatic carbocycles. The lowest BCUT2D eigenvalue weighted by molar-refractivity contribution is -0.133. The highest BCUT2D eigenvalue weighted by atomic mass is 16.2. The summed E-state index contributed by atoms with van der Waals surface area (Å²) >= 11 is 0. The summed E-state index contributed by atoms with van der Waals surface area (Å²) in [5.41, 5.74) is 2.52. The van der Waals surface area contributed by atoms with E-state index in [1.165, 1.54) is 16.3 Å². The van der Waals surface area contributed by atoms with Crippen LogP contribution in [0.25, 0.3) is 17.3 Å². The van der Waals surface area contributed by atoms with Gasteiger partial charge < -0.3 is 4.90 Å². The smallest absolute Gasteiger partial charge is 0.267 e. The van der Waals surface area contributed by atoms with Crippen LogP contribution in [-0.2, 0) is 11.3 Å². The highest BCUT2D eigenvalue weighted by Gasteiger charge is 2.21. The third kappa shape index (κ3) is 5.55. The predicted octanol–water partition coefficient (Wildman–Crippen LogP) is 2.77. The minimum atomic E-state index is -0.266. The average molecular weight is 415 g/mol. The summed E-state index contributed by atoms with van der Waals surface area (Å²) < 4.78 is 1.26. The molecule has 0 N–H and O–H groups in total. The molecule has 3 aromatic rings. The molecule has 0 radical (unpaired) electrons. The quantitative estimate of drug-likeness (QED) is 0.622. The minimum absolute atomic E-state index is 0.0343. The Bertz CT molecular complexity index is 1090. The molecule has 0 unspecified atom stereocenters. The van der Waals surface area contributed by atoms with Crippen molar-refractivity contribution in [2.45, 2.75) is 6.54 Å². The van der Waals surface area contributed by atoms with Crippen molar-refractivity contribution >= 4 is 12.0 Å². The first kappa shape index (κ1) is 20.8. The highest BCUT2D eigenvalue weighted by Crippen LogP contribution is 2.14. The summed E-state index contributed by atoms with van der Waals surface area (Å²) in [6.45, 7) is 3.77. The van der Waals surface area contributed by atoms with Gasteiger partial charge in [0.15, 0.2) is 0 Å². The van der Waals surface area contributed by atoms with Crippen molar-refractivity contribution in [2.24, 2.45) is 0 Å². The average Bonchev–Trinajstić information content (AvgIpc) is 2.82. The molecule has 1 amide bonds. The molecule has 2 aromatic carbocycles. The van der Waals surface area contributed by atoms with Crippen molar-refractivity contribution in [1.82, 2.24) is 19.6 Å². The summed E-state index contributed by atoms with van der Waals surface area (Å²) in [5.74, 6) is -0.0701. The molecular weight excluding hydrogens is 388 g/mol. The van der Waals surface area contributed by atoms with Gasteiger partial charge in [0.1, 0.15) is 6.54 Å². The van der Waals surface area contributed by atoms with E-state index in [4.69, 9.17) is 0 Å². The van der Waals surface area contributed by atoms with Crippen molar-refractivity contribution in [2.75, 3.05) is 32.7 Å². The molecule has 1 saturated heterocycles. The topological polar surface area (TPSA) is 58.4 Å². The summed E-state index contributed by atoms with van der Waals surface area (Å²) in [7, 11) is 0. The Balaban J connectivity index is 1.31. The van der Waals surface area contributed by atoms with Gasteiger partial charge in [0.25, 0.3) is 5.56 Å². The number of hydrogen-bond donors (Lipinski definition) is 0. The molecule has 1 fully saturated rings. The van der Waals surface area contributed by atoms with E-state index in [1.807, 2.05) is 53.4 Å². The van der Waals surface area contributed by atoms with Crippen molar-refractivity contribution in [3.63, 3.8) is 0 Å². The lowest BCUT2D eigenvalue weighted by atomic mass is 10.1. The van der Waals surface area contributed by atoms with Gasteiger partial charge in [0.05, 0.1) is 5.69 Å². The van der Waals surface area contributed by atoms with Gasteiger partial charge in [-0.1, -0.05) is 72.8 Å². The number of hydrogen-bond acceptors (Lipinski definition) is 4. The van der Waals surface area contributed by atoms with Crippen molar-refractivity contribution in [1.29, 1.82) is 0 Å². The number of carbonyl (C=O) groups excluding carboxylic acids is 1. The van der Waals surface area contributed by atoms with Crippen LogP contribution in [0.1, 0.15) is 5.56 Å². The first-order chi connectivity index (χ1) is 15.2. The zero-order chi connectivity index (χ0) is 21.5. The van der Waals surface area contributed by atoms with Crippen LogP contribution in [0.15, 0.2) is 83.7 Å². The van der Waals surface area contributed by atoms with E-state index in [9.17, 15) is 9.59 Å². The van der Waals surface area contributed by atoms with Crippen LogP contribution in [0, 0.1) is 0 Å². The lowest BCUT2D eigenvalue weighted by Gasteiger charge is -2.34. The second-order valence-electron chi connectivity index (χ2n) is 7.57. The normalized spacial score (nSPS) is 14.8. The molecule has 1 aromatic heterocycles. The summed E-state index contributed by atoms with van der Waals surface area (Å²) in [6.07, 6.45) is 4.28. The van der Waals surface area contributed by atoms with Gasteiger partial charge in [-0.05, 0) is 11.6 Å². The standard InChI is InChI=1S/C25H26N4O2/c30-24-14-13-23(22-11-5-2-6-12-22)26-29(24)20-25(31)28-18-16-27(17-19-28)15-7-10-21-8-3-1-4-9-21/h1-14H,15-20H2/b10-7+. The zero-order valence-corrected chi connectivity index (χ0v) is 17.4. The molecule has 31 heavy (non-hydrogen) atoms. The van der Waals surface area contributed by atoms with Crippen LogP contribution in [-0.4, -0.2) is 58.2 Å². The number of benzene rings is 2. The molecule has 1 aliphatic rings. The Labute approximate surface area is 182 Å². The van der Waals surface area contributed by atoms with Crippen molar-refractivity contribution < 1.29 is 4.79 Å². The maximum absolute atomic E-state index is 12.8. The van der Waals surface area contributed by atoms with Crippen LogP contribution >= 0.6 is 0 Å². The summed E-state index contributed by atoms with van der Waals surface area (Å²) in [6, 6.07) is 23.0. The van der Waals surface area contributed by atoms with Gasteiger partial charge >= 0.3 is 0 Å². The van der Waals surface area contributed by atoms with Gasteiger partial charge in [0.2, 0.25) is 5.91 Å². The minimum Gasteiger partial charge on any atom is -0.339 e.